The molecule has 1 aromatic heterocycles. The molecular weight excluding hydrogens is 538 g/mol. The maximum absolute atomic E-state index is 13.2. The maximum Gasteiger partial charge on any atom is 0.251 e. The highest BCUT2D eigenvalue weighted by Gasteiger charge is 2.23. The molecule has 0 aliphatic carbocycles. The Morgan fingerprint density at radius 2 is 1.69 bits per heavy atom. The first-order valence-electron chi connectivity index (χ1n) is 11.6. The number of aromatic nitrogens is 3. The van der Waals surface area contributed by atoms with Gasteiger partial charge >= 0.3 is 0 Å². The summed E-state index contributed by atoms with van der Waals surface area (Å²) in [5, 5.41) is 12.2. The van der Waals surface area contributed by atoms with E-state index < -0.39 is 0 Å². The molecule has 4 aromatic rings. The summed E-state index contributed by atoms with van der Waals surface area (Å²) in [5.41, 5.74) is 3.63. The number of amides is 2. The molecule has 1 N–H and O–H groups in total. The van der Waals surface area contributed by atoms with Crippen LogP contribution in [0, 0.1) is 0 Å². The molecule has 0 atom stereocenters. The number of carbonyl (C=O) groups is 2. The van der Waals surface area contributed by atoms with Crippen LogP contribution in [0.25, 0.3) is 5.69 Å². The fourth-order valence-electron chi connectivity index (χ4n) is 4.21. The van der Waals surface area contributed by atoms with E-state index in [0.717, 1.165) is 28.7 Å². The third-order valence-corrected chi connectivity index (χ3v) is 7.41. The van der Waals surface area contributed by atoms with Gasteiger partial charge in [-0.05, 0) is 60.9 Å². The lowest BCUT2D eigenvalue weighted by Crippen LogP contribution is -2.36. The molecule has 0 bridgehead atoms. The van der Waals surface area contributed by atoms with Crippen LogP contribution in [0.3, 0.4) is 0 Å². The molecule has 7 nitrogen and oxygen atoms in total. The van der Waals surface area contributed by atoms with Gasteiger partial charge in [-0.25, -0.2) is 0 Å². The Morgan fingerprint density at radius 3 is 2.50 bits per heavy atom. The van der Waals surface area contributed by atoms with Crippen LogP contribution in [0.5, 0.6) is 0 Å². The zero-order valence-corrected chi connectivity index (χ0v) is 21.8. The van der Waals surface area contributed by atoms with E-state index in [-0.39, 0.29) is 24.1 Å². The van der Waals surface area contributed by atoms with E-state index in [2.05, 4.69) is 37.5 Å². The minimum absolute atomic E-state index is 0.0384. The number of hydrogen-bond donors (Lipinski definition) is 1. The van der Waals surface area contributed by atoms with Crippen molar-refractivity contribution < 1.29 is 9.59 Å². The molecule has 2 heterocycles. The van der Waals surface area contributed by atoms with Crippen LogP contribution < -0.4 is 10.2 Å². The Kier molecular flexibility index (Phi) is 7.48. The summed E-state index contributed by atoms with van der Waals surface area (Å²) in [5.74, 6) is 0.671. The lowest BCUT2D eigenvalue weighted by atomic mass is 10.0. The molecule has 1 aliphatic heterocycles. The van der Waals surface area contributed by atoms with Crippen LogP contribution in [0.15, 0.2) is 88.5 Å². The van der Waals surface area contributed by atoms with Crippen molar-refractivity contribution in [2.75, 3.05) is 17.2 Å². The van der Waals surface area contributed by atoms with Gasteiger partial charge < -0.3 is 10.2 Å². The number of para-hydroxylation sites is 1. The first-order valence-corrected chi connectivity index (χ1v) is 13.4. The molecule has 2 amide bonds. The number of halogens is 1. The normalized spacial score (nSPS) is 12.8. The van der Waals surface area contributed by atoms with Crippen molar-refractivity contribution in [3.8, 4) is 5.69 Å². The van der Waals surface area contributed by atoms with E-state index in [1.807, 2.05) is 70.1 Å². The van der Waals surface area contributed by atoms with Crippen molar-refractivity contribution in [3.63, 3.8) is 0 Å². The summed E-state index contributed by atoms with van der Waals surface area (Å²) in [6.07, 6.45) is 1.94. The van der Waals surface area contributed by atoms with Crippen molar-refractivity contribution in [1.82, 2.24) is 20.1 Å². The molecule has 0 saturated heterocycles. The molecule has 0 saturated carbocycles. The summed E-state index contributed by atoms with van der Waals surface area (Å²) in [7, 11) is 0. The third kappa shape index (κ3) is 5.37. The van der Waals surface area contributed by atoms with Crippen LogP contribution in [0.4, 0.5) is 5.69 Å². The predicted molar refractivity (Wildman–Crippen MR) is 145 cm³/mol. The number of thioether (sulfide) groups is 1. The summed E-state index contributed by atoms with van der Waals surface area (Å²) in [4.78, 5) is 27.6. The number of anilines is 1. The van der Waals surface area contributed by atoms with Gasteiger partial charge in [-0.2, -0.15) is 0 Å². The molecule has 5 rings (SSSR count). The van der Waals surface area contributed by atoms with Gasteiger partial charge in [0.2, 0.25) is 5.91 Å². The van der Waals surface area contributed by atoms with Gasteiger partial charge in [-0.15, -0.1) is 10.2 Å². The number of hydrogen-bond acceptors (Lipinski definition) is 5. The fourth-order valence-corrected chi connectivity index (χ4v) is 5.32. The Labute approximate surface area is 222 Å². The van der Waals surface area contributed by atoms with Crippen molar-refractivity contribution in [3.05, 3.63) is 100 Å². The number of aryl methyl sites for hydroxylation is 1. The summed E-state index contributed by atoms with van der Waals surface area (Å²) < 4.78 is 2.84. The zero-order valence-electron chi connectivity index (χ0n) is 19.4. The van der Waals surface area contributed by atoms with Crippen LogP contribution in [0.1, 0.15) is 28.2 Å². The lowest BCUT2D eigenvalue weighted by Gasteiger charge is -2.29. The first-order chi connectivity index (χ1) is 17.6. The molecule has 1 aliphatic rings. The summed E-state index contributed by atoms with van der Waals surface area (Å²) >= 11 is 4.82. The first kappa shape index (κ1) is 24.3. The molecule has 9 heteroatoms. The SMILES string of the molecule is O=C(NCc1nnc(SCC(=O)N2CCCc3ccccc32)n1-c1ccc(Br)cc1)c1ccccc1. The Morgan fingerprint density at radius 1 is 0.944 bits per heavy atom. The van der Waals surface area contributed by atoms with Gasteiger partial charge in [-0.1, -0.05) is 64.1 Å². The monoisotopic (exact) mass is 561 g/mol. The molecule has 0 radical (unpaired) electrons. The summed E-state index contributed by atoms with van der Waals surface area (Å²) in [6, 6.07) is 24.9. The number of benzene rings is 3. The van der Waals surface area contributed by atoms with Crippen LogP contribution in [-0.4, -0.2) is 38.9 Å². The third-order valence-electron chi connectivity index (χ3n) is 5.96. The van der Waals surface area contributed by atoms with Gasteiger partial charge in [-0.3, -0.25) is 14.2 Å². The largest absolute Gasteiger partial charge is 0.345 e. The quantitative estimate of drug-likeness (QED) is 0.320. The van der Waals surface area contributed by atoms with E-state index in [1.165, 1.54) is 17.3 Å². The summed E-state index contributed by atoms with van der Waals surface area (Å²) in [6.45, 7) is 0.914. The Balaban J connectivity index is 1.35. The molecule has 36 heavy (non-hydrogen) atoms. The van der Waals surface area contributed by atoms with Gasteiger partial charge in [0.25, 0.3) is 5.91 Å². The number of nitrogens with one attached hydrogen (secondary N) is 1. The Hall–Kier alpha value is -3.43. The average Bonchev–Trinajstić information content (AvgIpc) is 3.33. The van der Waals surface area contributed by atoms with Crippen molar-refractivity contribution in [1.29, 1.82) is 0 Å². The van der Waals surface area contributed by atoms with E-state index in [0.29, 0.717) is 23.1 Å². The molecular formula is C27H24BrN5O2S. The second kappa shape index (κ2) is 11.1. The van der Waals surface area contributed by atoms with E-state index >= 15 is 0 Å². The van der Waals surface area contributed by atoms with Gasteiger partial charge in [0.05, 0.1) is 12.3 Å². The van der Waals surface area contributed by atoms with E-state index in [4.69, 9.17) is 0 Å². The van der Waals surface area contributed by atoms with Crippen LogP contribution in [0.2, 0.25) is 0 Å². The minimum atomic E-state index is -0.186. The molecule has 0 unspecified atom stereocenters. The number of rotatable bonds is 7. The van der Waals surface area contributed by atoms with Crippen molar-refractivity contribution in [2.45, 2.75) is 24.5 Å². The minimum Gasteiger partial charge on any atom is -0.345 e. The lowest BCUT2D eigenvalue weighted by molar-refractivity contribution is -0.116. The van der Waals surface area contributed by atoms with Gasteiger partial charge in [0.15, 0.2) is 11.0 Å². The second-order valence-electron chi connectivity index (χ2n) is 8.33. The second-order valence-corrected chi connectivity index (χ2v) is 10.2. The van der Waals surface area contributed by atoms with Gasteiger partial charge in [0.1, 0.15) is 0 Å². The Bertz CT molecular complexity index is 1370. The van der Waals surface area contributed by atoms with Gasteiger partial charge in [0, 0.05) is 28.0 Å². The maximum atomic E-state index is 13.2. The van der Waals surface area contributed by atoms with Crippen LogP contribution in [-0.2, 0) is 17.8 Å². The highest BCUT2D eigenvalue weighted by Crippen LogP contribution is 2.29. The molecule has 182 valence electrons. The fraction of sp³-hybridized carbons (Fsp3) is 0.185. The topological polar surface area (TPSA) is 80.1 Å². The van der Waals surface area contributed by atoms with Crippen LogP contribution >= 0.6 is 27.7 Å². The van der Waals surface area contributed by atoms with E-state index in [1.54, 1.807) is 12.1 Å². The highest BCUT2D eigenvalue weighted by atomic mass is 79.9. The van der Waals surface area contributed by atoms with E-state index in [9.17, 15) is 9.59 Å². The number of fused-ring (bicyclic) bond motifs is 1. The smallest absolute Gasteiger partial charge is 0.251 e. The average molecular weight is 562 g/mol. The molecule has 3 aromatic carbocycles. The van der Waals surface area contributed by atoms with Crippen molar-refractivity contribution >= 4 is 45.2 Å². The predicted octanol–water partition coefficient (Wildman–Crippen LogP) is 5.03. The standard InChI is InChI=1S/C27H24BrN5O2S/c28-21-12-14-22(15-13-21)33-24(17-29-26(35)20-8-2-1-3-9-20)30-31-27(33)36-18-25(34)32-16-6-10-19-7-4-5-11-23(19)32/h1-5,7-9,11-15H,6,10,16-18H2,(H,29,35). The molecule has 0 fully saturated rings. The highest BCUT2D eigenvalue weighted by molar-refractivity contribution is 9.10. The zero-order chi connectivity index (χ0) is 24.9. The number of nitrogens with zero attached hydrogens (tertiary/aromatic N) is 4. The number of carbonyl (C=O) groups excluding carboxylic acids is 2. The molecule has 0 spiro atoms. The van der Waals surface area contributed by atoms with Crippen molar-refractivity contribution in [2.24, 2.45) is 0 Å².